The van der Waals surface area contributed by atoms with Crippen molar-refractivity contribution < 1.29 is 9.84 Å². The molecule has 1 aromatic heterocycles. The molecule has 0 bridgehead atoms. The van der Waals surface area contributed by atoms with E-state index in [-0.39, 0.29) is 12.6 Å². The molecule has 0 amide bonds. The van der Waals surface area contributed by atoms with Crippen LogP contribution in [0.15, 0.2) is 18.3 Å². The summed E-state index contributed by atoms with van der Waals surface area (Å²) in [6.45, 7) is 1.99. The minimum atomic E-state index is -0.0229. The van der Waals surface area contributed by atoms with Crippen LogP contribution in [0.5, 0.6) is 0 Å². The number of hydrogen-bond donors (Lipinski definition) is 2. The van der Waals surface area contributed by atoms with Crippen LogP contribution in [0.1, 0.15) is 0 Å². The van der Waals surface area contributed by atoms with Gasteiger partial charge in [-0.15, -0.1) is 0 Å². The summed E-state index contributed by atoms with van der Waals surface area (Å²) in [6.07, 6.45) is 1.66. The number of nitrogens with zero attached hydrogens (tertiary/aromatic N) is 2. The van der Waals surface area contributed by atoms with E-state index in [2.05, 4.69) is 4.98 Å². The Kier molecular flexibility index (Phi) is 3.03. The number of aliphatic hydroxyl groups is 1. The van der Waals surface area contributed by atoms with Gasteiger partial charge in [-0.05, 0) is 12.1 Å². The van der Waals surface area contributed by atoms with Crippen LogP contribution in [0.2, 0.25) is 0 Å². The Morgan fingerprint density at radius 3 is 3.27 bits per heavy atom. The zero-order valence-corrected chi connectivity index (χ0v) is 8.47. The normalized spacial score (nSPS) is 21.7. The fourth-order valence-electron chi connectivity index (χ4n) is 1.78. The van der Waals surface area contributed by atoms with Crippen molar-refractivity contribution in [1.29, 1.82) is 0 Å². The fourth-order valence-corrected chi connectivity index (χ4v) is 1.78. The zero-order valence-electron chi connectivity index (χ0n) is 8.47. The summed E-state index contributed by atoms with van der Waals surface area (Å²) < 4.78 is 5.30. The topological polar surface area (TPSA) is 71.6 Å². The number of aromatic nitrogens is 1. The van der Waals surface area contributed by atoms with E-state index in [1.165, 1.54) is 0 Å². The molecule has 0 saturated carbocycles. The lowest BCUT2D eigenvalue weighted by Crippen LogP contribution is -2.48. The zero-order chi connectivity index (χ0) is 10.7. The quantitative estimate of drug-likeness (QED) is 0.709. The second-order valence-corrected chi connectivity index (χ2v) is 3.51. The number of pyridine rings is 1. The molecule has 1 fully saturated rings. The lowest BCUT2D eigenvalue weighted by Gasteiger charge is -2.36. The number of aliphatic hydroxyl groups excluding tert-OH is 1. The maximum atomic E-state index is 9.23. The molecule has 0 spiro atoms. The van der Waals surface area contributed by atoms with Crippen molar-refractivity contribution in [3.63, 3.8) is 0 Å². The Hall–Kier alpha value is -1.33. The van der Waals surface area contributed by atoms with E-state index in [9.17, 15) is 5.11 Å². The molecule has 1 atom stereocenters. The van der Waals surface area contributed by atoms with Crippen LogP contribution >= 0.6 is 0 Å². The Bertz CT molecular complexity index is 332. The van der Waals surface area contributed by atoms with Gasteiger partial charge >= 0.3 is 0 Å². The van der Waals surface area contributed by atoms with Crippen LogP contribution in [0.3, 0.4) is 0 Å². The van der Waals surface area contributed by atoms with Gasteiger partial charge in [0.1, 0.15) is 5.82 Å². The second kappa shape index (κ2) is 4.46. The molecular weight excluding hydrogens is 194 g/mol. The lowest BCUT2D eigenvalue weighted by atomic mass is 10.2. The van der Waals surface area contributed by atoms with Crippen LogP contribution in [0.25, 0.3) is 0 Å². The van der Waals surface area contributed by atoms with Gasteiger partial charge in [-0.1, -0.05) is 0 Å². The van der Waals surface area contributed by atoms with Crippen molar-refractivity contribution in [2.24, 2.45) is 0 Å². The first-order chi connectivity index (χ1) is 7.33. The van der Waals surface area contributed by atoms with Crippen molar-refractivity contribution in [3.8, 4) is 0 Å². The number of nitrogen functional groups attached to an aromatic ring is 1. The van der Waals surface area contributed by atoms with Crippen LogP contribution in [-0.2, 0) is 4.74 Å². The maximum absolute atomic E-state index is 9.23. The van der Waals surface area contributed by atoms with Crippen molar-refractivity contribution >= 4 is 11.5 Å². The van der Waals surface area contributed by atoms with Crippen molar-refractivity contribution in [3.05, 3.63) is 18.3 Å². The molecular formula is C10H15N3O2. The largest absolute Gasteiger partial charge is 0.394 e. The molecule has 5 heteroatoms. The third-order valence-electron chi connectivity index (χ3n) is 2.56. The minimum absolute atomic E-state index is 0.0229. The summed E-state index contributed by atoms with van der Waals surface area (Å²) in [5.74, 6) is 0.498. The number of anilines is 2. The van der Waals surface area contributed by atoms with E-state index >= 15 is 0 Å². The van der Waals surface area contributed by atoms with Gasteiger partial charge in [-0.25, -0.2) is 4.98 Å². The molecule has 0 aliphatic carbocycles. The maximum Gasteiger partial charge on any atom is 0.146 e. The van der Waals surface area contributed by atoms with Gasteiger partial charge in [0.15, 0.2) is 0 Å². The Morgan fingerprint density at radius 1 is 1.67 bits per heavy atom. The van der Waals surface area contributed by atoms with E-state index < -0.39 is 0 Å². The molecule has 1 aromatic rings. The summed E-state index contributed by atoms with van der Waals surface area (Å²) in [5.41, 5.74) is 6.67. The van der Waals surface area contributed by atoms with E-state index in [4.69, 9.17) is 10.5 Å². The molecule has 0 radical (unpaired) electrons. The standard InChI is InChI=1S/C10H15N3O2/c11-10-9(2-1-3-12-10)13-4-5-15-7-8(13)6-14/h1-3,8,14H,4-7H2,(H2,11,12). The average molecular weight is 209 g/mol. The highest BCUT2D eigenvalue weighted by Crippen LogP contribution is 2.23. The van der Waals surface area contributed by atoms with Gasteiger partial charge in [0.25, 0.3) is 0 Å². The van der Waals surface area contributed by atoms with Crippen LogP contribution < -0.4 is 10.6 Å². The molecule has 15 heavy (non-hydrogen) atoms. The molecule has 1 aliphatic heterocycles. The predicted octanol–water partition coefficient (Wildman–Crippen LogP) is -0.139. The van der Waals surface area contributed by atoms with Gasteiger partial charge < -0.3 is 20.5 Å². The highest BCUT2D eigenvalue weighted by atomic mass is 16.5. The molecule has 1 saturated heterocycles. The molecule has 82 valence electrons. The van der Waals surface area contributed by atoms with Crippen LogP contribution in [0, 0.1) is 0 Å². The van der Waals surface area contributed by atoms with Gasteiger partial charge in [-0.3, -0.25) is 0 Å². The van der Waals surface area contributed by atoms with E-state index in [1.807, 2.05) is 17.0 Å². The third kappa shape index (κ3) is 2.03. The minimum Gasteiger partial charge on any atom is -0.394 e. The molecule has 5 nitrogen and oxygen atoms in total. The van der Waals surface area contributed by atoms with Gasteiger partial charge in [0, 0.05) is 12.7 Å². The summed E-state index contributed by atoms with van der Waals surface area (Å²) >= 11 is 0. The number of hydrogen-bond acceptors (Lipinski definition) is 5. The highest BCUT2D eigenvalue weighted by molar-refractivity contribution is 5.63. The number of rotatable bonds is 2. The summed E-state index contributed by atoms with van der Waals surface area (Å²) in [5, 5.41) is 9.23. The van der Waals surface area contributed by atoms with E-state index in [1.54, 1.807) is 6.20 Å². The molecule has 3 N–H and O–H groups in total. The van der Waals surface area contributed by atoms with Crippen molar-refractivity contribution in [2.75, 3.05) is 37.0 Å². The molecule has 2 heterocycles. The highest BCUT2D eigenvalue weighted by Gasteiger charge is 2.23. The van der Waals surface area contributed by atoms with Crippen molar-refractivity contribution in [2.45, 2.75) is 6.04 Å². The number of ether oxygens (including phenoxy) is 1. The smallest absolute Gasteiger partial charge is 0.146 e. The SMILES string of the molecule is Nc1ncccc1N1CCOCC1CO. The first-order valence-electron chi connectivity index (χ1n) is 4.98. The number of nitrogens with two attached hydrogens (primary N) is 1. The summed E-state index contributed by atoms with van der Waals surface area (Å²) in [6, 6.07) is 3.73. The van der Waals surface area contributed by atoms with Gasteiger partial charge in [-0.2, -0.15) is 0 Å². The Labute approximate surface area is 88.5 Å². The van der Waals surface area contributed by atoms with E-state index in [0.717, 1.165) is 12.2 Å². The molecule has 0 aromatic carbocycles. The van der Waals surface area contributed by atoms with E-state index in [0.29, 0.717) is 19.0 Å². The number of morpholine rings is 1. The van der Waals surface area contributed by atoms with Crippen LogP contribution in [0.4, 0.5) is 11.5 Å². The first kappa shape index (κ1) is 10.2. The molecule has 2 rings (SSSR count). The lowest BCUT2D eigenvalue weighted by molar-refractivity contribution is 0.0727. The van der Waals surface area contributed by atoms with Crippen molar-refractivity contribution in [1.82, 2.24) is 4.98 Å². The van der Waals surface area contributed by atoms with Crippen LogP contribution in [-0.4, -0.2) is 42.5 Å². The molecule has 1 unspecified atom stereocenters. The Morgan fingerprint density at radius 2 is 2.53 bits per heavy atom. The monoisotopic (exact) mass is 209 g/mol. The predicted molar refractivity (Wildman–Crippen MR) is 57.7 cm³/mol. The summed E-state index contributed by atoms with van der Waals surface area (Å²) in [4.78, 5) is 6.08. The van der Waals surface area contributed by atoms with Gasteiger partial charge in [0.05, 0.1) is 31.5 Å². The first-order valence-corrected chi connectivity index (χ1v) is 4.98. The van der Waals surface area contributed by atoms with Gasteiger partial charge in [0.2, 0.25) is 0 Å². The second-order valence-electron chi connectivity index (χ2n) is 3.51. The summed E-state index contributed by atoms with van der Waals surface area (Å²) in [7, 11) is 0. The fraction of sp³-hybridized carbons (Fsp3) is 0.500. The molecule has 1 aliphatic rings. The average Bonchev–Trinajstić information content (AvgIpc) is 2.30. The Balaban J connectivity index is 2.24. The third-order valence-corrected chi connectivity index (χ3v) is 2.56.